The number of rotatable bonds is 6. The second-order valence-electron chi connectivity index (χ2n) is 4.50. The van der Waals surface area contributed by atoms with Crippen molar-refractivity contribution in [2.45, 2.75) is 12.8 Å². The Bertz CT molecular complexity index is 172. The van der Waals surface area contributed by atoms with E-state index in [4.69, 9.17) is 4.74 Å². The molecule has 4 heteroatoms. The van der Waals surface area contributed by atoms with Gasteiger partial charge in [-0.1, -0.05) is 0 Å². The van der Waals surface area contributed by atoms with Crippen molar-refractivity contribution in [1.29, 1.82) is 0 Å². The van der Waals surface area contributed by atoms with Crippen LogP contribution in [0.5, 0.6) is 0 Å². The molecule has 0 aromatic carbocycles. The highest BCUT2D eigenvalue weighted by Crippen LogP contribution is 2.30. The summed E-state index contributed by atoms with van der Waals surface area (Å²) in [4.78, 5) is 2.33. The van der Waals surface area contributed by atoms with E-state index >= 15 is 0 Å². The van der Waals surface area contributed by atoms with Gasteiger partial charge >= 0.3 is 0 Å². The van der Waals surface area contributed by atoms with E-state index in [0.717, 1.165) is 44.9 Å². The smallest absolute Gasteiger partial charge is 0.0501 e. The van der Waals surface area contributed by atoms with Gasteiger partial charge in [0.1, 0.15) is 0 Å². The molecule has 0 spiro atoms. The highest BCUT2D eigenvalue weighted by molar-refractivity contribution is 7.98. The SMILES string of the molecule is CSCCN(C)CC1(CO)CCOCC1. The van der Waals surface area contributed by atoms with Crippen LogP contribution in [0.4, 0.5) is 0 Å². The molecular weight excluding hydrogens is 210 g/mol. The Morgan fingerprint density at radius 3 is 2.60 bits per heavy atom. The lowest BCUT2D eigenvalue weighted by molar-refractivity contribution is -0.0301. The number of hydrogen-bond acceptors (Lipinski definition) is 4. The first-order valence-electron chi connectivity index (χ1n) is 5.58. The molecule has 1 aliphatic heterocycles. The minimum absolute atomic E-state index is 0.0887. The molecule has 0 radical (unpaired) electrons. The average molecular weight is 233 g/mol. The fourth-order valence-electron chi connectivity index (χ4n) is 2.07. The second-order valence-corrected chi connectivity index (χ2v) is 5.49. The maximum absolute atomic E-state index is 9.53. The fourth-order valence-corrected chi connectivity index (χ4v) is 2.56. The summed E-state index contributed by atoms with van der Waals surface area (Å²) in [6, 6.07) is 0. The van der Waals surface area contributed by atoms with Crippen LogP contribution >= 0.6 is 11.8 Å². The van der Waals surface area contributed by atoms with E-state index in [1.54, 1.807) is 0 Å². The van der Waals surface area contributed by atoms with Crippen LogP contribution < -0.4 is 0 Å². The molecule has 0 aromatic heterocycles. The Morgan fingerprint density at radius 1 is 1.40 bits per heavy atom. The Hall–Kier alpha value is 0.230. The third-order valence-corrected chi connectivity index (χ3v) is 3.76. The number of aliphatic hydroxyl groups is 1. The van der Waals surface area contributed by atoms with Crippen LogP contribution in [0.15, 0.2) is 0 Å². The van der Waals surface area contributed by atoms with E-state index in [2.05, 4.69) is 18.2 Å². The van der Waals surface area contributed by atoms with Gasteiger partial charge in [0, 0.05) is 37.5 Å². The van der Waals surface area contributed by atoms with Crippen molar-refractivity contribution in [2.75, 3.05) is 52.0 Å². The first-order valence-corrected chi connectivity index (χ1v) is 6.98. The molecule has 0 bridgehead atoms. The van der Waals surface area contributed by atoms with Gasteiger partial charge in [-0.15, -0.1) is 0 Å². The van der Waals surface area contributed by atoms with E-state index in [-0.39, 0.29) is 5.41 Å². The monoisotopic (exact) mass is 233 g/mol. The van der Waals surface area contributed by atoms with Gasteiger partial charge in [-0.25, -0.2) is 0 Å². The van der Waals surface area contributed by atoms with Crippen molar-refractivity contribution in [3.8, 4) is 0 Å². The van der Waals surface area contributed by atoms with Crippen molar-refractivity contribution >= 4 is 11.8 Å². The van der Waals surface area contributed by atoms with Gasteiger partial charge in [-0.2, -0.15) is 11.8 Å². The fraction of sp³-hybridized carbons (Fsp3) is 1.00. The van der Waals surface area contributed by atoms with E-state index in [0.29, 0.717) is 6.61 Å². The van der Waals surface area contributed by atoms with E-state index in [9.17, 15) is 5.11 Å². The molecule has 1 N–H and O–H groups in total. The summed E-state index contributed by atoms with van der Waals surface area (Å²) in [6.45, 7) is 3.99. The molecule has 0 aromatic rings. The Morgan fingerprint density at radius 2 is 2.07 bits per heavy atom. The topological polar surface area (TPSA) is 32.7 Å². The lowest BCUT2D eigenvalue weighted by Gasteiger charge is -2.38. The van der Waals surface area contributed by atoms with E-state index in [1.165, 1.54) is 0 Å². The molecule has 15 heavy (non-hydrogen) atoms. The summed E-state index contributed by atoms with van der Waals surface area (Å²) in [6.07, 6.45) is 4.12. The average Bonchev–Trinajstić information content (AvgIpc) is 2.27. The molecule has 0 aliphatic carbocycles. The lowest BCUT2D eigenvalue weighted by Crippen LogP contribution is -2.43. The van der Waals surface area contributed by atoms with Gasteiger partial charge < -0.3 is 14.7 Å². The van der Waals surface area contributed by atoms with Crippen LogP contribution in [-0.2, 0) is 4.74 Å². The van der Waals surface area contributed by atoms with Crippen LogP contribution in [0.25, 0.3) is 0 Å². The van der Waals surface area contributed by atoms with Crippen LogP contribution in [0.2, 0.25) is 0 Å². The van der Waals surface area contributed by atoms with Crippen molar-refractivity contribution in [3.05, 3.63) is 0 Å². The highest BCUT2D eigenvalue weighted by Gasteiger charge is 2.32. The summed E-state index contributed by atoms with van der Waals surface area (Å²) in [5, 5.41) is 9.53. The zero-order chi connectivity index (χ0) is 11.1. The van der Waals surface area contributed by atoms with Crippen molar-refractivity contribution in [2.24, 2.45) is 5.41 Å². The highest BCUT2D eigenvalue weighted by atomic mass is 32.2. The largest absolute Gasteiger partial charge is 0.396 e. The Labute approximate surface area is 97.2 Å². The van der Waals surface area contributed by atoms with E-state index < -0.39 is 0 Å². The summed E-state index contributed by atoms with van der Waals surface area (Å²) in [5.74, 6) is 1.16. The maximum Gasteiger partial charge on any atom is 0.0501 e. The molecular formula is C11H23NO2S. The number of thioether (sulfide) groups is 1. The number of hydrogen-bond donors (Lipinski definition) is 1. The summed E-state index contributed by atoms with van der Waals surface area (Å²) in [5.41, 5.74) is 0.0887. The number of nitrogens with zero attached hydrogens (tertiary/aromatic N) is 1. The molecule has 1 aliphatic rings. The molecule has 1 rings (SSSR count). The summed E-state index contributed by atoms with van der Waals surface area (Å²) in [7, 11) is 2.14. The number of ether oxygens (including phenoxy) is 1. The van der Waals surface area contributed by atoms with Gasteiger partial charge in [0.25, 0.3) is 0 Å². The third kappa shape index (κ3) is 4.31. The maximum atomic E-state index is 9.53. The molecule has 0 amide bonds. The molecule has 1 heterocycles. The Kier molecular flexibility index (Phi) is 5.97. The van der Waals surface area contributed by atoms with Gasteiger partial charge in [0.2, 0.25) is 0 Å². The molecule has 0 saturated carbocycles. The first kappa shape index (κ1) is 13.3. The third-order valence-electron chi connectivity index (χ3n) is 3.17. The lowest BCUT2D eigenvalue weighted by atomic mass is 9.80. The molecule has 1 fully saturated rings. The predicted octanol–water partition coefficient (Wildman–Crippen LogP) is 1.07. The molecule has 0 unspecified atom stereocenters. The normalized spacial score (nSPS) is 20.8. The van der Waals surface area contributed by atoms with Gasteiger partial charge in [0.15, 0.2) is 0 Å². The van der Waals surface area contributed by atoms with Crippen LogP contribution in [-0.4, -0.2) is 62.0 Å². The minimum atomic E-state index is 0.0887. The zero-order valence-corrected chi connectivity index (χ0v) is 10.7. The molecule has 1 saturated heterocycles. The molecule has 0 atom stereocenters. The number of aliphatic hydroxyl groups excluding tert-OH is 1. The standard InChI is InChI=1S/C11H23NO2S/c1-12(5-8-15-2)9-11(10-13)3-6-14-7-4-11/h13H,3-10H2,1-2H3. The summed E-state index contributed by atoms with van der Waals surface area (Å²) < 4.78 is 5.36. The van der Waals surface area contributed by atoms with Gasteiger partial charge in [0.05, 0.1) is 6.61 Å². The summed E-state index contributed by atoms with van der Waals surface area (Å²) >= 11 is 1.87. The van der Waals surface area contributed by atoms with Gasteiger partial charge in [-0.05, 0) is 26.1 Å². The van der Waals surface area contributed by atoms with Crippen LogP contribution in [0, 0.1) is 5.41 Å². The van der Waals surface area contributed by atoms with Gasteiger partial charge in [-0.3, -0.25) is 0 Å². The van der Waals surface area contributed by atoms with Crippen LogP contribution in [0.3, 0.4) is 0 Å². The second kappa shape index (κ2) is 6.74. The molecule has 90 valence electrons. The van der Waals surface area contributed by atoms with Crippen molar-refractivity contribution in [1.82, 2.24) is 4.90 Å². The van der Waals surface area contributed by atoms with Crippen molar-refractivity contribution in [3.63, 3.8) is 0 Å². The quantitative estimate of drug-likeness (QED) is 0.744. The van der Waals surface area contributed by atoms with Crippen molar-refractivity contribution < 1.29 is 9.84 Å². The van der Waals surface area contributed by atoms with E-state index in [1.807, 2.05) is 11.8 Å². The predicted molar refractivity (Wildman–Crippen MR) is 65.5 cm³/mol. The Balaban J connectivity index is 2.37. The minimum Gasteiger partial charge on any atom is -0.396 e. The molecule has 3 nitrogen and oxygen atoms in total. The first-order chi connectivity index (χ1) is 7.22. The zero-order valence-electron chi connectivity index (χ0n) is 9.87. The van der Waals surface area contributed by atoms with Crippen LogP contribution in [0.1, 0.15) is 12.8 Å².